The summed E-state index contributed by atoms with van der Waals surface area (Å²) in [6.07, 6.45) is 0. The van der Waals surface area contributed by atoms with Crippen molar-refractivity contribution in [3.05, 3.63) is 81.4 Å². The van der Waals surface area contributed by atoms with E-state index in [1.165, 1.54) is 0 Å². The number of nitrogens with zero attached hydrogens (tertiary/aromatic N) is 3. The van der Waals surface area contributed by atoms with Gasteiger partial charge >= 0.3 is 0 Å². The zero-order chi connectivity index (χ0) is 20.2. The fourth-order valence-corrected chi connectivity index (χ4v) is 4.21. The lowest BCUT2D eigenvalue weighted by molar-refractivity contribution is 0.288. The van der Waals surface area contributed by atoms with Crippen molar-refractivity contribution in [3.63, 3.8) is 0 Å². The summed E-state index contributed by atoms with van der Waals surface area (Å²) in [4.78, 5) is 14.8. The third kappa shape index (κ3) is 4.46. The van der Waals surface area contributed by atoms with Crippen LogP contribution in [0.15, 0.2) is 64.5 Å². The zero-order valence-electron chi connectivity index (χ0n) is 15.8. The summed E-state index contributed by atoms with van der Waals surface area (Å²) < 4.78 is 7.83. The molecule has 2 aromatic heterocycles. The van der Waals surface area contributed by atoms with E-state index < -0.39 is 0 Å². The maximum Gasteiger partial charge on any atom is 0.248 e. The second kappa shape index (κ2) is 8.71. The molecule has 0 amide bonds. The second-order valence-corrected chi connectivity index (χ2v) is 7.76. The molecule has 29 heavy (non-hydrogen) atoms. The number of hydrogen-bond acceptors (Lipinski definition) is 5. The number of aromatic amines is 1. The molecule has 4 rings (SSSR count). The fourth-order valence-electron chi connectivity index (χ4n) is 3.07. The number of para-hydroxylation sites is 1. The summed E-state index contributed by atoms with van der Waals surface area (Å²) >= 11 is 7.46. The Balaban J connectivity index is 1.50. The molecule has 4 aromatic rings. The van der Waals surface area contributed by atoms with Gasteiger partial charge in [0.1, 0.15) is 12.4 Å². The number of nitrogens with one attached hydrogen (secondary N) is 1. The molecule has 2 aromatic carbocycles. The second-order valence-electron chi connectivity index (χ2n) is 6.38. The maximum atomic E-state index is 12.0. The van der Waals surface area contributed by atoms with Gasteiger partial charge in [-0.05, 0) is 42.8 Å². The predicted octanol–water partition coefficient (Wildman–Crippen LogP) is 4.66. The number of H-pyrrole nitrogens is 1. The van der Waals surface area contributed by atoms with Crippen LogP contribution in [0.5, 0.6) is 5.75 Å². The van der Waals surface area contributed by atoms with Gasteiger partial charge in [0, 0.05) is 34.3 Å². The lowest BCUT2D eigenvalue weighted by Gasteiger charge is -2.09. The molecule has 0 aliphatic heterocycles. The van der Waals surface area contributed by atoms with Crippen molar-refractivity contribution in [2.75, 3.05) is 0 Å². The molecule has 1 N–H and O–H groups in total. The summed E-state index contributed by atoms with van der Waals surface area (Å²) in [5.41, 5.74) is 1.71. The van der Waals surface area contributed by atoms with Gasteiger partial charge in [-0.2, -0.15) is 0 Å². The van der Waals surface area contributed by atoms with Crippen LogP contribution in [-0.4, -0.2) is 19.7 Å². The van der Waals surface area contributed by atoms with Crippen LogP contribution in [0.2, 0.25) is 5.02 Å². The molecule has 0 spiro atoms. The van der Waals surface area contributed by atoms with Crippen molar-refractivity contribution < 1.29 is 4.74 Å². The van der Waals surface area contributed by atoms with Crippen LogP contribution in [0.1, 0.15) is 18.3 Å². The van der Waals surface area contributed by atoms with Crippen LogP contribution in [0.25, 0.3) is 10.9 Å². The molecule has 0 aliphatic carbocycles. The van der Waals surface area contributed by atoms with Crippen molar-refractivity contribution in [1.29, 1.82) is 0 Å². The van der Waals surface area contributed by atoms with Crippen molar-refractivity contribution >= 4 is 34.3 Å². The largest absolute Gasteiger partial charge is 0.486 e. The van der Waals surface area contributed by atoms with E-state index in [1.807, 2.05) is 47.9 Å². The third-order valence-corrected chi connectivity index (χ3v) is 5.75. The van der Waals surface area contributed by atoms with Crippen molar-refractivity contribution in [2.24, 2.45) is 0 Å². The van der Waals surface area contributed by atoms with Crippen molar-refractivity contribution in [3.8, 4) is 5.75 Å². The van der Waals surface area contributed by atoms with Crippen LogP contribution in [-0.2, 0) is 18.9 Å². The van der Waals surface area contributed by atoms with Crippen molar-refractivity contribution in [2.45, 2.75) is 31.0 Å². The van der Waals surface area contributed by atoms with Gasteiger partial charge in [0.05, 0.1) is 0 Å². The molecule has 0 saturated heterocycles. The minimum atomic E-state index is -0.103. The van der Waals surface area contributed by atoms with Gasteiger partial charge in [0.15, 0.2) is 11.0 Å². The maximum absolute atomic E-state index is 12.0. The van der Waals surface area contributed by atoms with Gasteiger partial charge in [-0.25, -0.2) is 0 Å². The Hall–Kier alpha value is -2.77. The summed E-state index contributed by atoms with van der Waals surface area (Å²) in [6, 6.07) is 16.7. The number of fused-ring (bicyclic) bond motifs is 1. The first-order valence-corrected chi connectivity index (χ1v) is 10.5. The van der Waals surface area contributed by atoms with E-state index in [2.05, 4.69) is 15.2 Å². The highest BCUT2D eigenvalue weighted by Crippen LogP contribution is 2.26. The number of halogens is 1. The first-order chi connectivity index (χ1) is 14.1. The molecule has 8 heteroatoms. The van der Waals surface area contributed by atoms with Gasteiger partial charge < -0.3 is 14.3 Å². The highest BCUT2D eigenvalue weighted by Gasteiger charge is 2.13. The van der Waals surface area contributed by atoms with E-state index in [9.17, 15) is 4.79 Å². The van der Waals surface area contributed by atoms with Gasteiger partial charge in [0.2, 0.25) is 5.56 Å². The smallest absolute Gasteiger partial charge is 0.248 e. The van der Waals surface area contributed by atoms with Gasteiger partial charge in [0.25, 0.3) is 0 Å². The fraction of sp³-hybridized carbons (Fsp3) is 0.190. The topological polar surface area (TPSA) is 72.8 Å². The van der Waals surface area contributed by atoms with E-state index in [4.69, 9.17) is 16.3 Å². The quantitative estimate of drug-likeness (QED) is 0.435. The summed E-state index contributed by atoms with van der Waals surface area (Å²) in [6.45, 7) is 3.09. The molecule has 148 valence electrons. The first-order valence-electron chi connectivity index (χ1n) is 9.18. The number of benzene rings is 2. The van der Waals surface area contributed by atoms with E-state index in [0.29, 0.717) is 17.4 Å². The number of pyridine rings is 1. The van der Waals surface area contributed by atoms with E-state index >= 15 is 0 Å². The number of thioether (sulfide) groups is 1. The molecule has 0 bridgehead atoms. The average molecular weight is 427 g/mol. The van der Waals surface area contributed by atoms with Gasteiger partial charge in [-0.3, -0.25) is 4.79 Å². The van der Waals surface area contributed by atoms with Crippen LogP contribution < -0.4 is 10.3 Å². The molecule has 0 radical (unpaired) electrons. The molecule has 0 atom stereocenters. The molecule has 0 saturated carbocycles. The van der Waals surface area contributed by atoms with Crippen LogP contribution in [0.4, 0.5) is 0 Å². The zero-order valence-corrected chi connectivity index (χ0v) is 17.3. The normalized spacial score (nSPS) is 11.1. The summed E-state index contributed by atoms with van der Waals surface area (Å²) in [5, 5.41) is 11.1. The highest BCUT2D eigenvalue weighted by molar-refractivity contribution is 7.98. The Bertz CT molecular complexity index is 1190. The highest BCUT2D eigenvalue weighted by atomic mass is 35.5. The Morgan fingerprint density at radius 2 is 1.93 bits per heavy atom. The van der Waals surface area contributed by atoms with Crippen LogP contribution in [0.3, 0.4) is 0 Å². The Labute approximate surface area is 176 Å². The Kier molecular flexibility index (Phi) is 5.87. The molecule has 0 fully saturated rings. The lowest BCUT2D eigenvalue weighted by atomic mass is 10.1. The number of rotatable bonds is 7. The van der Waals surface area contributed by atoms with E-state index in [-0.39, 0.29) is 5.56 Å². The molecular formula is C21H19ClN4O2S. The third-order valence-electron chi connectivity index (χ3n) is 4.48. The predicted molar refractivity (Wildman–Crippen MR) is 116 cm³/mol. The minimum absolute atomic E-state index is 0.103. The molecule has 6 nitrogen and oxygen atoms in total. The lowest BCUT2D eigenvalue weighted by Crippen LogP contribution is -2.08. The van der Waals surface area contributed by atoms with E-state index in [1.54, 1.807) is 30.0 Å². The first kappa shape index (κ1) is 19.5. The van der Waals surface area contributed by atoms with Crippen LogP contribution in [0, 0.1) is 0 Å². The minimum Gasteiger partial charge on any atom is -0.486 e. The standard InChI is InChI=1S/C21H19ClN4O2S/c1-2-26-19(12-28-16-9-7-15(22)8-10-16)24-25-21(26)29-13-14-11-20(27)23-18-6-4-3-5-17(14)18/h3-11H,2,12-13H2,1H3,(H,23,27). The van der Waals surface area contributed by atoms with Gasteiger partial charge in [-0.15, -0.1) is 10.2 Å². The number of ether oxygens (including phenoxy) is 1. The Morgan fingerprint density at radius 3 is 2.72 bits per heavy atom. The summed E-state index contributed by atoms with van der Waals surface area (Å²) in [5.74, 6) is 2.10. The van der Waals surface area contributed by atoms with E-state index in [0.717, 1.165) is 39.7 Å². The van der Waals surface area contributed by atoms with Crippen LogP contribution >= 0.6 is 23.4 Å². The Morgan fingerprint density at radius 1 is 1.14 bits per heavy atom. The number of hydrogen-bond donors (Lipinski definition) is 1. The molecule has 0 unspecified atom stereocenters. The molecule has 2 heterocycles. The number of aromatic nitrogens is 4. The van der Waals surface area contributed by atoms with Gasteiger partial charge in [-0.1, -0.05) is 41.6 Å². The average Bonchev–Trinajstić information content (AvgIpc) is 3.13. The SMILES string of the molecule is CCn1c(COc2ccc(Cl)cc2)nnc1SCc1cc(=O)[nH]c2ccccc12. The van der Waals surface area contributed by atoms with Crippen molar-refractivity contribution in [1.82, 2.24) is 19.7 Å². The summed E-state index contributed by atoms with van der Waals surface area (Å²) in [7, 11) is 0. The molecular weight excluding hydrogens is 408 g/mol. The monoisotopic (exact) mass is 426 g/mol. The molecule has 0 aliphatic rings.